The van der Waals surface area contributed by atoms with Crippen LogP contribution in [0.4, 0.5) is 10.5 Å². The molecule has 0 saturated heterocycles. The van der Waals surface area contributed by atoms with E-state index in [0.29, 0.717) is 35.8 Å². The Morgan fingerprint density at radius 2 is 1.59 bits per heavy atom. The predicted octanol–water partition coefficient (Wildman–Crippen LogP) is 8.83. The van der Waals surface area contributed by atoms with Crippen molar-refractivity contribution in [3.8, 4) is 34.1 Å². The fourth-order valence-corrected chi connectivity index (χ4v) is 9.80. The Balaban J connectivity index is 1.37. The van der Waals surface area contributed by atoms with Crippen molar-refractivity contribution in [3.05, 3.63) is 137 Å². The molecule has 6 atom stereocenters. The Bertz CT molecular complexity index is 2300. The number of aliphatic hydroxyl groups is 3. The number of non-ortho nitro benzene ring substituents is 1. The Hall–Kier alpha value is -6.10. The lowest BCUT2D eigenvalue weighted by Gasteiger charge is -2.59. The van der Waals surface area contributed by atoms with Gasteiger partial charge in [-0.3, -0.25) is 15.0 Å². The zero-order chi connectivity index (χ0) is 46.5. The second-order valence-electron chi connectivity index (χ2n) is 16.6. The number of benzene rings is 4. The SMILES string of the molecule is C=CCO[C@@]12Oc3ccc(Oc4ccc(-c5ccccc5)cc4)cc3[C@H]3[C@H](CCCCO)[C@@H](CCCCO)C=C(C(=NOC)C[C@@H]1N(CCOCCO)C(=O)Oc1ccc([N+](=O)[O-])cc1)[C@H]32. The molecule has 0 radical (unpaired) electrons. The van der Waals surface area contributed by atoms with E-state index < -0.39 is 28.8 Å². The summed E-state index contributed by atoms with van der Waals surface area (Å²) in [6, 6.07) is 28.1. The van der Waals surface area contributed by atoms with E-state index in [9.17, 15) is 30.2 Å². The van der Waals surface area contributed by atoms with Crippen LogP contribution < -0.4 is 14.2 Å². The van der Waals surface area contributed by atoms with E-state index in [2.05, 4.69) is 29.9 Å². The number of hydrogen-bond acceptors (Lipinski definition) is 13. The molecule has 4 aromatic rings. The number of rotatable bonds is 23. The summed E-state index contributed by atoms with van der Waals surface area (Å²) in [6.45, 7) is 3.93. The molecule has 7 rings (SSSR count). The van der Waals surface area contributed by atoms with E-state index in [-0.39, 0.29) is 81.8 Å². The van der Waals surface area contributed by atoms with Gasteiger partial charge in [0.1, 0.15) is 36.1 Å². The number of oxime groups is 1. The third-order valence-corrected chi connectivity index (χ3v) is 12.6. The summed E-state index contributed by atoms with van der Waals surface area (Å²) in [6.07, 6.45) is 7.45. The first-order valence-corrected chi connectivity index (χ1v) is 22.6. The van der Waals surface area contributed by atoms with Gasteiger partial charge in [-0.15, -0.1) is 6.58 Å². The van der Waals surface area contributed by atoms with Gasteiger partial charge in [-0.1, -0.05) is 72.6 Å². The summed E-state index contributed by atoms with van der Waals surface area (Å²) < 4.78 is 32.6. The van der Waals surface area contributed by atoms with Crippen molar-refractivity contribution in [2.45, 2.75) is 62.7 Å². The molecule has 3 aliphatic rings. The number of ether oxygens (including phenoxy) is 5. The molecule has 1 fully saturated rings. The zero-order valence-electron chi connectivity index (χ0n) is 37.2. The largest absolute Gasteiger partial charge is 0.459 e. The van der Waals surface area contributed by atoms with Crippen molar-refractivity contribution >= 4 is 17.5 Å². The van der Waals surface area contributed by atoms with E-state index in [4.69, 9.17) is 28.5 Å². The number of unbranched alkanes of at least 4 members (excludes halogenated alkanes) is 2. The van der Waals surface area contributed by atoms with E-state index in [0.717, 1.165) is 47.9 Å². The monoisotopic (exact) mass is 905 g/mol. The highest BCUT2D eigenvalue weighted by molar-refractivity contribution is 6.03. The van der Waals surface area contributed by atoms with E-state index in [1.807, 2.05) is 60.7 Å². The number of fused-ring (bicyclic) bond motifs is 2. The molecule has 4 aromatic carbocycles. The van der Waals surface area contributed by atoms with Crippen LogP contribution in [0.25, 0.3) is 11.1 Å². The first-order valence-electron chi connectivity index (χ1n) is 22.6. The highest BCUT2D eigenvalue weighted by atomic mass is 16.7. The van der Waals surface area contributed by atoms with Gasteiger partial charge in [-0.2, -0.15) is 0 Å². The molecule has 2 aliphatic carbocycles. The summed E-state index contributed by atoms with van der Waals surface area (Å²) in [5, 5.41) is 45.5. The average molecular weight is 906 g/mol. The fourth-order valence-electron chi connectivity index (χ4n) is 9.80. The van der Waals surface area contributed by atoms with E-state index in [1.165, 1.54) is 36.3 Å². The lowest BCUT2D eigenvalue weighted by atomic mass is 9.55. The van der Waals surface area contributed by atoms with Crippen molar-refractivity contribution in [2.75, 3.05) is 53.3 Å². The first kappa shape index (κ1) is 47.9. The van der Waals surface area contributed by atoms with Crippen molar-refractivity contribution in [3.63, 3.8) is 0 Å². The van der Waals surface area contributed by atoms with Crippen LogP contribution in [-0.4, -0.2) is 102 Å². The molecule has 3 N–H and O–H groups in total. The van der Waals surface area contributed by atoms with Gasteiger partial charge in [0.15, 0.2) is 0 Å². The third kappa shape index (κ3) is 10.8. The van der Waals surface area contributed by atoms with Gasteiger partial charge in [-0.05, 0) is 96.7 Å². The highest BCUT2D eigenvalue weighted by Crippen LogP contribution is 2.62. The molecule has 15 nitrogen and oxygen atoms in total. The Kier molecular flexibility index (Phi) is 16.6. The van der Waals surface area contributed by atoms with Crippen LogP contribution >= 0.6 is 0 Å². The lowest BCUT2D eigenvalue weighted by Crippen LogP contribution is -2.70. The van der Waals surface area contributed by atoms with Gasteiger partial charge in [-0.25, -0.2) is 4.79 Å². The molecule has 1 heterocycles. The number of aliphatic hydroxyl groups excluding tert-OH is 3. The van der Waals surface area contributed by atoms with E-state index in [1.54, 1.807) is 6.08 Å². The molecule has 0 spiro atoms. The molecular formula is C51H59N3O12. The number of carbonyl (C=O) groups is 1. The van der Waals surface area contributed by atoms with Crippen LogP contribution in [0, 0.1) is 27.9 Å². The van der Waals surface area contributed by atoms with Crippen molar-refractivity contribution < 1.29 is 53.6 Å². The summed E-state index contributed by atoms with van der Waals surface area (Å²) >= 11 is 0. The standard InChI is InChI=1S/C51H59N3O12/c1-3-29-63-51-47(53(25-30-62-31-28-57)50(58)65-40-21-17-38(18-22-40)54(59)60)34-45(52-61-2)43-32-37(13-7-9-26-55)42(14-8-10-27-56)48(49(43)51)44-33-41(23-24-46(44)66-51)64-39-19-15-36(16-20-39)35-11-5-4-6-12-35/h3-6,11-12,15-24,32-33,37,42,47-49,55-57H,1,7-10,13-14,25-31,34H2,2H3/t37-,42+,47-,48+,49+,51+/m0/s1. The lowest BCUT2D eigenvalue weighted by molar-refractivity contribution is -0.384. The number of nitro benzene ring substituents is 1. The summed E-state index contributed by atoms with van der Waals surface area (Å²) in [4.78, 5) is 32.6. The molecule has 1 aliphatic heterocycles. The van der Waals surface area contributed by atoms with Crippen LogP contribution in [0.15, 0.2) is 127 Å². The van der Waals surface area contributed by atoms with Gasteiger partial charge < -0.3 is 43.8 Å². The average Bonchev–Trinajstić information content (AvgIpc) is 3.33. The molecule has 1 amide bonds. The highest BCUT2D eigenvalue weighted by Gasteiger charge is 2.65. The Labute approximate surface area is 385 Å². The third-order valence-electron chi connectivity index (χ3n) is 12.6. The number of nitro groups is 1. The molecule has 0 bridgehead atoms. The number of allylic oxidation sites excluding steroid dienone is 1. The maximum absolute atomic E-state index is 14.7. The van der Waals surface area contributed by atoms with Crippen LogP contribution in [0.1, 0.15) is 56.4 Å². The Morgan fingerprint density at radius 3 is 2.27 bits per heavy atom. The second-order valence-corrected chi connectivity index (χ2v) is 16.6. The molecular weight excluding hydrogens is 847 g/mol. The number of nitrogens with zero attached hydrogens (tertiary/aromatic N) is 3. The fraction of sp³-hybridized carbons (Fsp3) is 0.412. The summed E-state index contributed by atoms with van der Waals surface area (Å²) in [5.41, 5.74) is 4.30. The van der Waals surface area contributed by atoms with Crippen LogP contribution in [0.3, 0.4) is 0 Å². The maximum Gasteiger partial charge on any atom is 0.415 e. The molecule has 0 aromatic heterocycles. The second kappa shape index (κ2) is 22.9. The molecule has 0 unspecified atom stereocenters. The van der Waals surface area contributed by atoms with Gasteiger partial charge in [0, 0.05) is 49.8 Å². The Morgan fingerprint density at radius 1 is 0.894 bits per heavy atom. The first-order chi connectivity index (χ1) is 32.2. The summed E-state index contributed by atoms with van der Waals surface area (Å²) in [5.74, 6) is -0.658. The van der Waals surface area contributed by atoms with Crippen LogP contribution in [0.5, 0.6) is 23.0 Å². The minimum absolute atomic E-state index is 0.0117. The van der Waals surface area contributed by atoms with Gasteiger partial charge in [0.2, 0.25) is 5.79 Å². The number of carbonyl (C=O) groups excluding carboxylic acids is 1. The van der Waals surface area contributed by atoms with Crippen LogP contribution in [-0.2, 0) is 14.3 Å². The predicted molar refractivity (Wildman–Crippen MR) is 248 cm³/mol. The zero-order valence-corrected chi connectivity index (χ0v) is 37.2. The molecule has 15 heteroatoms. The van der Waals surface area contributed by atoms with Crippen LogP contribution in [0.2, 0.25) is 0 Å². The minimum atomic E-state index is -1.59. The van der Waals surface area contributed by atoms with Gasteiger partial charge in [0.05, 0.1) is 43.0 Å². The minimum Gasteiger partial charge on any atom is -0.459 e. The van der Waals surface area contributed by atoms with E-state index >= 15 is 0 Å². The normalized spacial score (nSPS) is 22.3. The number of hydrogen-bond donors (Lipinski definition) is 3. The maximum atomic E-state index is 14.7. The van der Waals surface area contributed by atoms with Crippen molar-refractivity contribution in [1.82, 2.24) is 4.90 Å². The quantitative estimate of drug-likeness (QED) is 0.0278. The topological polar surface area (TPSA) is 192 Å². The molecule has 1 saturated carbocycles. The smallest absolute Gasteiger partial charge is 0.415 e. The molecule has 66 heavy (non-hydrogen) atoms. The van der Waals surface area contributed by atoms with Crippen molar-refractivity contribution in [2.24, 2.45) is 22.9 Å². The number of amides is 1. The van der Waals surface area contributed by atoms with Crippen molar-refractivity contribution in [1.29, 1.82) is 0 Å². The summed E-state index contributed by atoms with van der Waals surface area (Å²) in [7, 11) is 1.47. The molecule has 350 valence electrons. The van der Waals surface area contributed by atoms with Gasteiger partial charge >= 0.3 is 6.09 Å². The van der Waals surface area contributed by atoms with Gasteiger partial charge in [0.25, 0.3) is 5.69 Å².